The van der Waals surface area contributed by atoms with Gasteiger partial charge in [-0.05, 0) is 185 Å². The van der Waals surface area contributed by atoms with Gasteiger partial charge < -0.3 is 4.74 Å². The van der Waals surface area contributed by atoms with Crippen LogP contribution in [-0.4, -0.2) is 18.7 Å². The van der Waals surface area contributed by atoms with Crippen LogP contribution in [0, 0.1) is 0 Å². The van der Waals surface area contributed by atoms with Gasteiger partial charge in [0.1, 0.15) is 0 Å². The van der Waals surface area contributed by atoms with E-state index in [4.69, 9.17) is 4.74 Å². The van der Waals surface area contributed by atoms with Crippen molar-refractivity contribution in [1.82, 2.24) is 0 Å². The minimum absolute atomic E-state index is 0.135. The largest absolute Gasteiger partial charge is 0.493 e. The highest BCUT2D eigenvalue weighted by Gasteiger charge is 2.25. The summed E-state index contributed by atoms with van der Waals surface area (Å²) >= 11 is 0. The van der Waals surface area contributed by atoms with E-state index in [-0.39, 0.29) is 17.3 Å². The van der Waals surface area contributed by atoms with Gasteiger partial charge in [-0.1, -0.05) is 105 Å². The van der Waals surface area contributed by atoms with Crippen LogP contribution in [0.25, 0.3) is 0 Å². The lowest BCUT2D eigenvalue weighted by atomic mass is 9.91. The van der Waals surface area contributed by atoms with E-state index in [0.717, 1.165) is 83.5 Å². The maximum atomic E-state index is 12.6. The highest BCUT2D eigenvalue weighted by atomic mass is 16.5. The molecule has 0 saturated carbocycles. The second-order valence-electron chi connectivity index (χ2n) is 16.7. The van der Waals surface area contributed by atoms with E-state index in [0.29, 0.717) is 17.6 Å². The fourth-order valence-electron chi connectivity index (χ4n) is 6.66. The molecular weight excluding hydrogens is 685 g/mol. The number of ether oxygens (including phenoxy) is 1. The summed E-state index contributed by atoms with van der Waals surface area (Å²) < 4.78 is 5.10. The zero-order chi connectivity index (χ0) is 41.9. The number of methoxy groups -OCH3 is 1. The number of rotatable bonds is 27. The molecule has 1 rings (SSSR count). The Labute approximate surface area is 345 Å². The summed E-state index contributed by atoms with van der Waals surface area (Å²) in [7, 11) is 1.43. The molecule has 3 heteroatoms. The quantitative estimate of drug-likeness (QED) is 0.0618. The summed E-state index contributed by atoms with van der Waals surface area (Å²) in [5.41, 5.74) is 14.2. The van der Waals surface area contributed by atoms with Gasteiger partial charge >= 0.3 is 0 Å². The van der Waals surface area contributed by atoms with Gasteiger partial charge in [-0.15, -0.1) is 0 Å². The average molecular weight is 765 g/mol. The molecule has 0 fully saturated rings. The third-order valence-electron chi connectivity index (χ3n) is 10.8. The van der Waals surface area contributed by atoms with Crippen molar-refractivity contribution in [3.8, 4) is 0 Å². The summed E-state index contributed by atoms with van der Waals surface area (Å²) in [6.07, 6.45) is 41.0. The van der Waals surface area contributed by atoms with E-state index in [1.807, 2.05) is 0 Å². The fourth-order valence-corrected chi connectivity index (χ4v) is 6.66. The third-order valence-corrected chi connectivity index (χ3v) is 10.8. The smallest absolute Gasteiger partial charge is 0.224 e. The molecule has 0 atom stereocenters. The lowest BCUT2D eigenvalue weighted by Crippen LogP contribution is -2.19. The molecule has 3 nitrogen and oxygen atoms in total. The second-order valence-corrected chi connectivity index (χ2v) is 16.7. The number of ketones is 2. The summed E-state index contributed by atoms with van der Waals surface area (Å²) in [6.45, 7) is 24.1. The van der Waals surface area contributed by atoms with Crippen LogP contribution < -0.4 is 0 Å². The van der Waals surface area contributed by atoms with Crippen molar-refractivity contribution in [3.05, 3.63) is 128 Å². The Kier molecular flexibility index (Phi) is 26.5. The van der Waals surface area contributed by atoms with Crippen molar-refractivity contribution in [2.24, 2.45) is 0 Å². The molecule has 56 heavy (non-hydrogen) atoms. The predicted molar refractivity (Wildman–Crippen MR) is 246 cm³/mol. The van der Waals surface area contributed by atoms with Crippen LogP contribution in [0.5, 0.6) is 0 Å². The third kappa shape index (κ3) is 24.0. The van der Waals surface area contributed by atoms with Gasteiger partial charge in [0.2, 0.25) is 5.78 Å². The first kappa shape index (κ1) is 50.3. The maximum absolute atomic E-state index is 12.6. The van der Waals surface area contributed by atoms with Crippen molar-refractivity contribution in [2.75, 3.05) is 7.11 Å². The molecule has 0 N–H and O–H groups in total. The van der Waals surface area contributed by atoms with Crippen molar-refractivity contribution < 1.29 is 14.3 Å². The Morgan fingerprint density at radius 2 is 0.714 bits per heavy atom. The Morgan fingerprint density at radius 1 is 0.446 bits per heavy atom. The number of allylic oxidation sites excluding steroid dienone is 21. The molecule has 0 aliphatic heterocycles. The Hall–Kier alpha value is -3.72. The molecular formula is C53H80O3. The van der Waals surface area contributed by atoms with Crippen LogP contribution in [0.3, 0.4) is 0 Å². The molecule has 0 unspecified atom stereocenters. The van der Waals surface area contributed by atoms with E-state index in [1.165, 1.54) is 82.6 Å². The summed E-state index contributed by atoms with van der Waals surface area (Å²) in [5.74, 6) is -0.186. The zero-order valence-corrected chi connectivity index (χ0v) is 38.0. The Bertz CT molecular complexity index is 1610. The average Bonchev–Trinajstić information content (AvgIpc) is 3.13. The van der Waals surface area contributed by atoms with Crippen molar-refractivity contribution >= 4 is 11.6 Å². The van der Waals surface area contributed by atoms with Crippen LogP contribution in [0.1, 0.15) is 185 Å². The number of Topliss-reactive ketones (excluding diaryl/α,β-unsaturated/α-hetero) is 1. The fraction of sp³-hybridized carbons (Fsp3) is 0.547. The number of carbonyl (C=O) groups excluding carboxylic acids is 2. The molecule has 0 saturated heterocycles. The van der Waals surface area contributed by atoms with Crippen LogP contribution in [0.2, 0.25) is 0 Å². The zero-order valence-electron chi connectivity index (χ0n) is 38.0. The summed E-state index contributed by atoms with van der Waals surface area (Å²) in [5, 5.41) is 0. The van der Waals surface area contributed by atoms with Crippen LogP contribution in [-0.2, 0) is 14.3 Å². The molecule has 0 aromatic heterocycles. The van der Waals surface area contributed by atoms with E-state index in [1.54, 1.807) is 6.92 Å². The van der Waals surface area contributed by atoms with Gasteiger partial charge in [0.05, 0.1) is 7.11 Å². The van der Waals surface area contributed by atoms with Gasteiger partial charge in [-0.3, -0.25) is 9.59 Å². The van der Waals surface area contributed by atoms with Crippen molar-refractivity contribution in [1.29, 1.82) is 0 Å². The lowest BCUT2D eigenvalue weighted by Gasteiger charge is -2.15. The van der Waals surface area contributed by atoms with Crippen molar-refractivity contribution in [2.45, 2.75) is 185 Å². The minimum atomic E-state index is -0.178. The topological polar surface area (TPSA) is 43.4 Å². The monoisotopic (exact) mass is 765 g/mol. The maximum Gasteiger partial charge on any atom is 0.224 e. The molecule has 1 aliphatic rings. The van der Waals surface area contributed by atoms with Gasteiger partial charge in [-0.2, -0.15) is 0 Å². The van der Waals surface area contributed by atoms with E-state index in [2.05, 4.69) is 124 Å². The van der Waals surface area contributed by atoms with E-state index in [9.17, 15) is 9.59 Å². The van der Waals surface area contributed by atoms with Gasteiger partial charge in [0.25, 0.3) is 0 Å². The number of hydrogen-bond donors (Lipinski definition) is 0. The Balaban J connectivity index is 2.29. The first-order chi connectivity index (χ1) is 26.6. The van der Waals surface area contributed by atoms with E-state index >= 15 is 0 Å². The molecule has 1 aliphatic carbocycles. The second kappa shape index (κ2) is 29.5. The molecule has 0 heterocycles. The highest BCUT2D eigenvalue weighted by Crippen LogP contribution is 2.24. The van der Waals surface area contributed by atoms with E-state index < -0.39 is 0 Å². The number of carbonyl (C=O) groups is 2. The molecule has 0 spiro atoms. The molecule has 0 aromatic rings. The Morgan fingerprint density at radius 3 is 0.982 bits per heavy atom. The lowest BCUT2D eigenvalue weighted by molar-refractivity contribution is -0.118. The summed E-state index contributed by atoms with van der Waals surface area (Å²) in [4.78, 5) is 24.8. The predicted octanol–water partition coefficient (Wildman–Crippen LogP) is 16.2. The van der Waals surface area contributed by atoms with Gasteiger partial charge in [-0.25, -0.2) is 0 Å². The first-order valence-corrected chi connectivity index (χ1v) is 21.6. The molecule has 310 valence electrons. The standard InChI is InChI=1S/C53H80O3/c1-40(2)21-13-22-41(3)23-14-24-42(4)25-15-26-43(5)27-16-28-44(6)29-17-30-45(7)31-18-32-46(8)33-19-34-47(9)35-20-36-48(10)37-38-50-49(11)51(54)39-52(56-12)53(50)55/h21,23,25,27,29,31,33,35,37,39H,13-20,22,24,26,28,30,32,34,36,38H2,1-12H3/b41-23+,42-25+,43-27+,44-29+,45-31+,46-33+,47-35+,48-37+. The molecule has 0 bridgehead atoms. The normalized spacial score (nSPS) is 15.9. The first-order valence-electron chi connectivity index (χ1n) is 21.6. The molecule has 0 aromatic carbocycles. The molecule has 0 amide bonds. The van der Waals surface area contributed by atoms with Crippen LogP contribution in [0.4, 0.5) is 0 Å². The minimum Gasteiger partial charge on any atom is -0.493 e. The van der Waals surface area contributed by atoms with Gasteiger partial charge in [0, 0.05) is 17.2 Å². The van der Waals surface area contributed by atoms with Crippen LogP contribution >= 0.6 is 0 Å². The van der Waals surface area contributed by atoms with Crippen LogP contribution in [0.15, 0.2) is 128 Å². The molecule has 0 radical (unpaired) electrons. The highest BCUT2D eigenvalue weighted by molar-refractivity contribution is 6.21. The number of hydrogen-bond acceptors (Lipinski definition) is 3. The van der Waals surface area contributed by atoms with Crippen molar-refractivity contribution in [3.63, 3.8) is 0 Å². The SMILES string of the molecule is COC1=CC(=O)C(C)=C(C/C=C(\C)CC/C=C(\C)CC/C=C(\C)CC/C=C(\C)CC/C=C(\C)CC/C=C(\C)CC/C=C(\C)CC/C=C(\C)CCC=C(C)C)C1=O. The summed E-state index contributed by atoms with van der Waals surface area (Å²) in [6, 6.07) is 0. The van der Waals surface area contributed by atoms with Gasteiger partial charge in [0.15, 0.2) is 11.5 Å².